The summed E-state index contributed by atoms with van der Waals surface area (Å²) in [5.41, 5.74) is 1.05. The number of nitrogens with one attached hydrogen (secondary N) is 2. The molecule has 1 saturated heterocycles. The Labute approximate surface area is 151 Å². The lowest BCUT2D eigenvalue weighted by Gasteiger charge is -2.29. The molecule has 1 aliphatic heterocycles. The predicted molar refractivity (Wildman–Crippen MR) is 95.0 cm³/mol. The second-order valence-electron chi connectivity index (χ2n) is 6.02. The largest absolute Gasteiger partial charge is 0.481 e. The number of hydrogen-bond donors (Lipinski definition) is 3. The number of carbonyl (C=O) groups is 3. The molecule has 0 spiro atoms. The van der Waals surface area contributed by atoms with Gasteiger partial charge in [-0.1, -0.05) is 0 Å². The lowest BCUT2D eigenvalue weighted by atomic mass is 9.97. The fourth-order valence-corrected chi connectivity index (χ4v) is 2.63. The number of nitrogens with zero attached hydrogens (tertiary/aromatic N) is 2. The smallest absolute Gasteiger partial charge is 0.306 e. The zero-order chi connectivity index (χ0) is 19.1. The van der Waals surface area contributed by atoms with Crippen molar-refractivity contribution in [2.24, 2.45) is 5.92 Å². The van der Waals surface area contributed by atoms with Crippen molar-refractivity contribution in [2.75, 3.05) is 23.7 Å². The molecule has 1 aliphatic rings. The molecule has 3 N–H and O–H groups in total. The number of aliphatic carboxylic acids is 1. The van der Waals surface area contributed by atoms with Gasteiger partial charge in [-0.15, -0.1) is 0 Å². The number of hydrogen-bond acceptors (Lipinski definition) is 5. The van der Waals surface area contributed by atoms with Crippen LogP contribution in [0.15, 0.2) is 36.0 Å². The molecular weight excluding hydrogens is 336 g/mol. The first-order valence-electron chi connectivity index (χ1n) is 8.17. The highest BCUT2D eigenvalue weighted by atomic mass is 16.4. The number of piperidine rings is 1. The van der Waals surface area contributed by atoms with Crippen LogP contribution in [-0.4, -0.2) is 40.9 Å². The Hall–Kier alpha value is -3.34. The van der Waals surface area contributed by atoms with Gasteiger partial charge in [-0.05, 0) is 37.1 Å². The van der Waals surface area contributed by atoms with Crippen molar-refractivity contribution in [3.8, 4) is 6.07 Å². The van der Waals surface area contributed by atoms with Crippen molar-refractivity contribution < 1.29 is 19.5 Å². The summed E-state index contributed by atoms with van der Waals surface area (Å²) in [7, 11) is 0. The van der Waals surface area contributed by atoms with Gasteiger partial charge in [0.25, 0.3) is 5.91 Å². The van der Waals surface area contributed by atoms with E-state index in [4.69, 9.17) is 5.11 Å². The van der Waals surface area contributed by atoms with Gasteiger partial charge in [0.15, 0.2) is 0 Å². The molecule has 0 unspecified atom stereocenters. The first-order valence-corrected chi connectivity index (χ1v) is 8.17. The molecule has 0 radical (unpaired) electrons. The van der Waals surface area contributed by atoms with Crippen LogP contribution >= 0.6 is 0 Å². The maximum Gasteiger partial charge on any atom is 0.306 e. The number of carbonyl (C=O) groups excluding carboxylic acids is 2. The zero-order valence-electron chi connectivity index (χ0n) is 14.4. The van der Waals surface area contributed by atoms with Gasteiger partial charge in [0.05, 0.1) is 5.92 Å². The number of carboxylic acids is 1. The Kier molecular flexibility index (Phi) is 6.33. The van der Waals surface area contributed by atoms with E-state index in [9.17, 15) is 19.6 Å². The Balaban J connectivity index is 1.97. The molecule has 0 atom stereocenters. The SMILES string of the molecule is CC(=O)Nc1ccc(NC(=O)/C(C#N)=C\N2CCC(C(=O)O)CC2)cc1. The van der Waals surface area contributed by atoms with Gasteiger partial charge in [0.1, 0.15) is 11.6 Å². The van der Waals surface area contributed by atoms with E-state index in [2.05, 4.69) is 10.6 Å². The van der Waals surface area contributed by atoms with Crippen LogP contribution in [0.4, 0.5) is 11.4 Å². The van der Waals surface area contributed by atoms with Crippen LogP contribution in [0, 0.1) is 17.2 Å². The van der Waals surface area contributed by atoms with Gasteiger partial charge < -0.3 is 20.6 Å². The number of benzene rings is 1. The molecule has 8 heteroatoms. The normalized spacial score (nSPS) is 15.1. The van der Waals surface area contributed by atoms with E-state index in [0.717, 1.165) is 0 Å². The molecule has 2 rings (SSSR count). The predicted octanol–water partition coefficient (Wildman–Crippen LogP) is 1.79. The zero-order valence-corrected chi connectivity index (χ0v) is 14.4. The van der Waals surface area contributed by atoms with Gasteiger partial charge in [0, 0.05) is 37.6 Å². The van der Waals surface area contributed by atoms with E-state index < -0.39 is 11.9 Å². The molecule has 0 aromatic heterocycles. The molecule has 136 valence electrons. The van der Waals surface area contributed by atoms with Crippen LogP contribution in [-0.2, 0) is 14.4 Å². The third-order valence-corrected chi connectivity index (χ3v) is 4.02. The number of anilines is 2. The van der Waals surface area contributed by atoms with Crippen LogP contribution < -0.4 is 10.6 Å². The van der Waals surface area contributed by atoms with Crippen molar-refractivity contribution in [1.29, 1.82) is 5.26 Å². The Morgan fingerprint density at radius 1 is 1.15 bits per heavy atom. The topological polar surface area (TPSA) is 123 Å². The Morgan fingerprint density at radius 2 is 1.69 bits per heavy atom. The summed E-state index contributed by atoms with van der Waals surface area (Å²) in [6.07, 6.45) is 2.44. The van der Waals surface area contributed by atoms with Crippen LogP contribution in [0.1, 0.15) is 19.8 Å². The quantitative estimate of drug-likeness (QED) is 0.546. The number of amides is 2. The van der Waals surface area contributed by atoms with Crippen LogP contribution in [0.3, 0.4) is 0 Å². The molecule has 8 nitrogen and oxygen atoms in total. The number of carboxylic acid groups (broad SMARTS) is 1. The number of nitriles is 1. The summed E-state index contributed by atoms with van der Waals surface area (Å²) in [5, 5.41) is 23.5. The minimum absolute atomic E-state index is 0.0512. The second kappa shape index (κ2) is 8.67. The number of rotatable bonds is 5. The van der Waals surface area contributed by atoms with Crippen molar-refractivity contribution >= 4 is 29.2 Å². The van der Waals surface area contributed by atoms with E-state index in [1.54, 1.807) is 29.2 Å². The van der Waals surface area contributed by atoms with E-state index in [-0.39, 0.29) is 17.4 Å². The fraction of sp³-hybridized carbons (Fsp3) is 0.333. The summed E-state index contributed by atoms with van der Waals surface area (Å²) in [6, 6.07) is 8.40. The first kappa shape index (κ1) is 19.0. The van der Waals surface area contributed by atoms with Crippen molar-refractivity contribution in [3.63, 3.8) is 0 Å². The van der Waals surface area contributed by atoms with E-state index in [1.165, 1.54) is 13.1 Å². The first-order chi connectivity index (χ1) is 12.4. The van der Waals surface area contributed by atoms with Crippen molar-refractivity contribution in [1.82, 2.24) is 4.90 Å². The van der Waals surface area contributed by atoms with Gasteiger partial charge in [-0.25, -0.2) is 0 Å². The van der Waals surface area contributed by atoms with Crippen LogP contribution in [0.2, 0.25) is 0 Å². The fourth-order valence-electron chi connectivity index (χ4n) is 2.63. The highest BCUT2D eigenvalue weighted by molar-refractivity contribution is 6.06. The Bertz CT molecular complexity index is 756. The average molecular weight is 356 g/mol. The number of likely N-dealkylation sites (tertiary alicyclic amines) is 1. The lowest BCUT2D eigenvalue weighted by molar-refractivity contribution is -0.143. The standard InChI is InChI=1S/C18H20N4O4/c1-12(23)20-15-2-4-16(5-3-15)21-17(24)14(10-19)11-22-8-6-13(7-9-22)18(25)26/h2-5,11,13H,6-9H2,1H3,(H,20,23)(H,21,24)(H,25,26)/b14-11-. The average Bonchev–Trinajstić information content (AvgIpc) is 2.61. The molecule has 1 aromatic carbocycles. The van der Waals surface area contributed by atoms with Crippen LogP contribution in [0.25, 0.3) is 0 Å². The lowest BCUT2D eigenvalue weighted by Crippen LogP contribution is -2.33. The minimum Gasteiger partial charge on any atom is -0.481 e. The summed E-state index contributed by atoms with van der Waals surface area (Å²) in [5.74, 6) is -1.92. The molecule has 1 fully saturated rings. The molecule has 0 aliphatic carbocycles. The van der Waals surface area contributed by atoms with Gasteiger partial charge in [-0.3, -0.25) is 14.4 Å². The monoisotopic (exact) mass is 356 g/mol. The minimum atomic E-state index is -0.811. The molecule has 0 saturated carbocycles. The molecule has 26 heavy (non-hydrogen) atoms. The van der Waals surface area contributed by atoms with E-state index in [0.29, 0.717) is 37.3 Å². The second-order valence-corrected chi connectivity index (χ2v) is 6.02. The highest BCUT2D eigenvalue weighted by Crippen LogP contribution is 2.19. The Morgan fingerprint density at radius 3 is 2.15 bits per heavy atom. The summed E-state index contributed by atoms with van der Waals surface area (Å²) in [4.78, 5) is 36.0. The highest BCUT2D eigenvalue weighted by Gasteiger charge is 2.24. The summed E-state index contributed by atoms with van der Waals surface area (Å²) in [6.45, 7) is 2.38. The third-order valence-electron chi connectivity index (χ3n) is 4.02. The maximum atomic E-state index is 12.3. The van der Waals surface area contributed by atoms with Crippen LogP contribution in [0.5, 0.6) is 0 Å². The van der Waals surface area contributed by atoms with E-state index >= 15 is 0 Å². The summed E-state index contributed by atoms with van der Waals surface area (Å²) < 4.78 is 0. The van der Waals surface area contributed by atoms with Gasteiger partial charge in [0.2, 0.25) is 5.91 Å². The maximum absolute atomic E-state index is 12.3. The molecular formula is C18H20N4O4. The summed E-state index contributed by atoms with van der Waals surface area (Å²) >= 11 is 0. The molecule has 1 heterocycles. The molecule has 1 aromatic rings. The van der Waals surface area contributed by atoms with Crippen molar-refractivity contribution in [2.45, 2.75) is 19.8 Å². The van der Waals surface area contributed by atoms with Crippen molar-refractivity contribution in [3.05, 3.63) is 36.0 Å². The third kappa shape index (κ3) is 5.34. The molecule has 0 bridgehead atoms. The van der Waals surface area contributed by atoms with E-state index in [1.807, 2.05) is 6.07 Å². The van der Waals surface area contributed by atoms with Gasteiger partial charge >= 0.3 is 5.97 Å². The van der Waals surface area contributed by atoms with Gasteiger partial charge in [-0.2, -0.15) is 5.26 Å². The molecule has 2 amide bonds.